The van der Waals surface area contributed by atoms with E-state index in [9.17, 15) is 9.59 Å². The van der Waals surface area contributed by atoms with Crippen molar-refractivity contribution in [1.29, 1.82) is 0 Å². The van der Waals surface area contributed by atoms with Gasteiger partial charge in [-0.3, -0.25) is 9.59 Å². The van der Waals surface area contributed by atoms with Crippen molar-refractivity contribution in [3.05, 3.63) is 40.5 Å². The van der Waals surface area contributed by atoms with E-state index in [-0.39, 0.29) is 5.92 Å². The quantitative estimate of drug-likeness (QED) is 0.802. The standard InChI is InChI=1S/C17H19ClN4O2S/c1-10(2)7-19-16(23)17(24)20-15-13-8-25-9-14(13)21-22(15)12-5-3-4-11(18)6-12/h3-6,10H,7-9H2,1-2H3,(H,19,23)(H,20,24). The highest BCUT2D eigenvalue weighted by atomic mass is 35.5. The summed E-state index contributed by atoms with van der Waals surface area (Å²) in [4.78, 5) is 24.3. The lowest BCUT2D eigenvalue weighted by Gasteiger charge is -2.12. The van der Waals surface area contributed by atoms with Crippen LogP contribution in [0, 0.1) is 5.92 Å². The molecule has 0 atom stereocenters. The van der Waals surface area contributed by atoms with Crippen molar-refractivity contribution in [3.63, 3.8) is 0 Å². The second kappa shape index (κ2) is 7.49. The maximum atomic E-state index is 12.3. The molecule has 2 aromatic rings. The Bertz CT molecular complexity index is 819. The second-order valence-electron chi connectivity index (χ2n) is 6.22. The number of thioether (sulfide) groups is 1. The van der Waals surface area contributed by atoms with Crippen LogP contribution in [0.1, 0.15) is 25.1 Å². The average Bonchev–Trinajstić information content (AvgIpc) is 3.15. The third kappa shape index (κ3) is 3.99. The maximum Gasteiger partial charge on any atom is 0.314 e. The van der Waals surface area contributed by atoms with Gasteiger partial charge in [-0.25, -0.2) is 4.68 Å². The fourth-order valence-electron chi connectivity index (χ4n) is 2.48. The van der Waals surface area contributed by atoms with Crippen LogP contribution in [-0.4, -0.2) is 28.1 Å². The number of benzene rings is 1. The smallest absolute Gasteiger partial charge is 0.314 e. The summed E-state index contributed by atoms with van der Waals surface area (Å²) in [5.41, 5.74) is 2.61. The van der Waals surface area contributed by atoms with Crippen LogP contribution < -0.4 is 10.6 Å². The molecule has 0 saturated heterocycles. The normalized spacial score (nSPS) is 13.0. The summed E-state index contributed by atoms with van der Waals surface area (Å²) < 4.78 is 1.64. The fourth-order valence-corrected chi connectivity index (χ4v) is 3.70. The predicted molar refractivity (Wildman–Crippen MR) is 100 cm³/mol. The largest absolute Gasteiger partial charge is 0.348 e. The van der Waals surface area contributed by atoms with E-state index in [1.807, 2.05) is 26.0 Å². The highest BCUT2D eigenvalue weighted by Gasteiger charge is 2.26. The van der Waals surface area contributed by atoms with E-state index in [0.29, 0.717) is 17.4 Å². The van der Waals surface area contributed by atoms with Crippen molar-refractivity contribution < 1.29 is 9.59 Å². The number of nitrogens with one attached hydrogen (secondary N) is 2. The molecule has 1 aromatic heterocycles. The predicted octanol–water partition coefficient (Wildman–Crippen LogP) is 2.98. The molecule has 1 aliphatic rings. The molecule has 0 unspecified atom stereocenters. The Kier molecular flexibility index (Phi) is 5.34. The number of rotatable bonds is 4. The number of amides is 2. The minimum absolute atomic E-state index is 0.273. The highest BCUT2D eigenvalue weighted by Crippen LogP contribution is 2.36. The first-order valence-electron chi connectivity index (χ1n) is 7.99. The number of hydrogen-bond acceptors (Lipinski definition) is 4. The Hall–Kier alpha value is -1.99. The van der Waals surface area contributed by atoms with Crippen LogP contribution >= 0.6 is 23.4 Å². The first kappa shape index (κ1) is 17.8. The number of nitrogens with zero attached hydrogens (tertiary/aromatic N) is 2. The molecule has 0 bridgehead atoms. The lowest BCUT2D eigenvalue weighted by Crippen LogP contribution is -2.37. The third-order valence-electron chi connectivity index (χ3n) is 3.71. The number of hydrogen-bond donors (Lipinski definition) is 2. The topological polar surface area (TPSA) is 76.0 Å². The zero-order valence-corrected chi connectivity index (χ0v) is 15.6. The van der Waals surface area contributed by atoms with Crippen LogP contribution in [0.25, 0.3) is 5.69 Å². The van der Waals surface area contributed by atoms with Gasteiger partial charge in [-0.15, -0.1) is 0 Å². The lowest BCUT2D eigenvalue weighted by molar-refractivity contribution is -0.136. The van der Waals surface area contributed by atoms with E-state index in [1.165, 1.54) is 0 Å². The molecule has 2 N–H and O–H groups in total. The number of carbonyl (C=O) groups excluding carboxylic acids is 2. The zero-order valence-electron chi connectivity index (χ0n) is 14.0. The van der Waals surface area contributed by atoms with Gasteiger partial charge in [0.25, 0.3) is 0 Å². The molecular formula is C17H19ClN4O2S. The minimum atomic E-state index is -0.691. The van der Waals surface area contributed by atoms with Gasteiger partial charge in [-0.1, -0.05) is 31.5 Å². The summed E-state index contributed by atoms with van der Waals surface area (Å²) in [5, 5.41) is 10.5. The Balaban J connectivity index is 1.88. The summed E-state index contributed by atoms with van der Waals surface area (Å²) in [6.07, 6.45) is 0. The molecule has 6 nitrogen and oxygen atoms in total. The van der Waals surface area contributed by atoms with Crippen LogP contribution in [0.5, 0.6) is 0 Å². The Morgan fingerprint density at radius 3 is 2.84 bits per heavy atom. The Morgan fingerprint density at radius 2 is 2.12 bits per heavy atom. The van der Waals surface area contributed by atoms with Gasteiger partial charge in [0, 0.05) is 28.6 Å². The molecule has 3 rings (SSSR count). The molecule has 2 amide bonds. The van der Waals surface area contributed by atoms with Gasteiger partial charge in [-0.2, -0.15) is 16.9 Å². The molecule has 0 radical (unpaired) electrons. The molecule has 8 heteroatoms. The minimum Gasteiger partial charge on any atom is -0.348 e. The van der Waals surface area contributed by atoms with E-state index >= 15 is 0 Å². The van der Waals surface area contributed by atoms with Crippen LogP contribution in [0.3, 0.4) is 0 Å². The van der Waals surface area contributed by atoms with E-state index in [1.54, 1.807) is 28.6 Å². The maximum absolute atomic E-state index is 12.3. The molecule has 25 heavy (non-hydrogen) atoms. The second-order valence-corrected chi connectivity index (χ2v) is 7.64. The number of halogens is 1. The summed E-state index contributed by atoms with van der Waals surface area (Å²) in [6.45, 7) is 4.39. The van der Waals surface area contributed by atoms with Gasteiger partial charge in [0.15, 0.2) is 0 Å². The van der Waals surface area contributed by atoms with Crippen LogP contribution in [0.15, 0.2) is 24.3 Å². The molecule has 132 valence electrons. The van der Waals surface area contributed by atoms with Gasteiger partial charge in [0.1, 0.15) is 5.82 Å². The summed E-state index contributed by atoms with van der Waals surface area (Å²) in [6, 6.07) is 7.22. The van der Waals surface area contributed by atoms with Crippen molar-refractivity contribution >= 4 is 41.0 Å². The number of anilines is 1. The number of fused-ring (bicyclic) bond motifs is 1. The summed E-state index contributed by atoms with van der Waals surface area (Å²) in [7, 11) is 0. The van der Waals surface area contributed by atoms with Gasteiger partial charge in [0.2, 0.25) is 0 Å². The van der Waals surface area contributed by atoms with E-state index < -0.39 is 11.8 Å². The summed E-state index contributed by atoms with van der Waals surface area (Å²) in [5.74, 6) is 1.00. The monoisotopic (exact) mass is 378 g/mol. The van der Waals surface area contributed by atoms with Crippen molar-refractivity contribution in [2.75, 3.05) is 11.9 Å². The van der Waals surface area contributed by atoms with E-state index in [2.05, 4.69) is 15.7 Å². The first-order chi connectivity index (χ1) is 12.0. The molecule has 2 heterocycles. The van der Waals surface area contributed by atoms with Crippen molar-refractivity contribution in [2.45, 2.75) is 25.4 Å². The summed E-state index contributed by atoms with van der Waals surface area (Å²) >= 11 is 7.80. The van der Waals surface area contributed by atoms with Crippen LogP contribution in [-0.2, 0) is 21.1 Å². The van der Waals surface area contributed by atoms with E-state index in [4.69, 9.17) is 11.6 Å². The highest BCUT2D eigenvalue weighted by molar-refractivity contribution is 7.98. The molecule has 1 aliphatic heterocycles. The number of carbonyl (C=O) groups is 2. The van der Waals surface area contributed by atoms with Gasteiger partial charge in [0.05, 0.1) is 11.4 Å². The zero-order chi connectivity index (χ0) is 18.0. The molecule has 0 fully saturated rings. The van der Waals surface area contributed by atoms with Crippen LogP contribution in [0.2, 0.25) is 5.02 Å². The SMILES string of the molecule is CC(C)CNC(=O)C(=O)Nc1c2c(nn1-c1cccc(Cl)c1)CSC2. The fraction of sp³-hybridized carbons (Fsp3) is 0.353. The molecule has 0 aliphatic carbocycles. The number of aromatic nitrogens is 2. The van der Waals surface area contributed by atoms with Crippen molar-refractivity contribution in [3.8, 4) is 5.69 Å². The molecule has 1 aromatic carbocycles. The van der Waals surface area contributed by atoms with Crippen molar-refractivity contribution in [2.24, 2.45) is 5.92 Å². The van der Waals surface area contributed by atoms with Gasteiger partial charge < -0.3 is 10.6 Å². The van der Waals surface area contributed by atoms with E-state index in [0.717, 1.165) is 28.5 Å². The molecular weight excluding hydrogens is 360 g/mol. The average molecular weight is 379 g/mol. The Morgan fingerprint density at radius 1 is 1.32 bits per heavy atom. The molecule has 0 spiro atoms. The Labute approximate surface area is 155 Å². The lowest BCUT2D eigenvalue weighted by atomic mass is 10.2. The first-order valence-corrected chi connectivity index (χ1v) is 9.52. The third-order valence-corrected chi connectivity index (χ3v) is 4.92. The van der Waals surface area contributed by atoms with Crippen molar-refractivity contribution in [1.82, 2.24) is 15.1 Å². The van der Waals surface area contributed by atoms with Gasteiger partial charge in [-0.05, 0) is 24.1 Å². The van der Waals surface area contributed by atoms with Gasteiger partial charge >= 0.3 is 11.8 Å². The molecule has 0 saturated carbocycles. The van der Waals surface area contributed by atoms with Crippen LogP contribution in [0.4, 0.5) is 5.82 Å².